The van der Waals surface area contributed by atoms with E-state index in [1.807, 2.05) is 30.3 Å². The van der Waals surface area contributed by atoms with E-state index in [0.717, 1.165) is 17.7 Å². The zero-order chi connectivity index (χ0) is 21.7. The van der Waals surface area contributed by atoms with Gasteiger partial charge in [0.15, 0.2) is 5.78 Å². The van der Waals surface area contributed by atoms with Gasteiger partial charge in [0.1, 0.15) is 0 Å². The molecule has 1 heterocycles. The first kappa shape index (κ1) is 21.4. The van der Waals surface area contributed by atoms with Crippen molar-refractivity contribution >= 4 is 23.4 Å². The number of alkyl halides is 3. The van der Waals surface area contributed by atoms with Crippen molar-refractivity contribution in [2.75, 3.05) is 24.5 Å². The number of hydrogen-bond acceptors (Lipinski definition) is 3. The molecule has 30 heavy (non-hydrogen) atoms. The SMILES string of the molecule is O=C(CNC(=O)C(F)(F)F)c1ccc(CN(C(=O)N2CCC2)c2ccccc2)cc1. The minimum absolute atomic E-state index is 0.109. The van der Waals surface area contributed by atoms with E-state index < -0.39 is 24.4 Å². The Morgan fingerprint density at radius 2 is 1.60 bits per heavy atom. The van der Waals surface area contributed by atoms with E-state index in [4.69, 9.17) is 0 Å². The fourth-order valence-electron chi connectivity index (χ4n) is 2.90. The Labute approximate surface area is 171 Å². The highest BCUT2D eigenvalue weighted by molar-refractivity contribution is 5.99. The van der Waals surface area contributed by atoms with E-state index in [0.29, 0.717) is 13.1 Å². The second kappa shape index (κ2) is 8.98. The smallest absolute Gasteiger partial charge is 0.341 e. The van der Waals surface area contributed by atoms with Crippen molar-refractivity contribution in [1.82, 2.24) is 10.2 Å². The molecule has 3 amide bonds. The highest BCUT2D eigenvalue weighted by Gasteiger charge is 2.38. The zero-order valence-corrected chi connectivity index (χ0v) is 16.0. The number of para-hydroxylation sites is 1. The maximum Gasteiger partial charge on any atom is 0.471 e. The molecule has 2 aromatic carbocycles. The number of Topliss-reactive ketones (excluding diaryl/α,β-unsaturated/α-hetero) is 1. The minimum atomic E-state index is -5.03. The number of ketones is 1. The molecule has 1 aliphatic heterocycles. The Morgan fingerprint density at radius 3 is 2.13 bits per heavy atom. The first-order valence-electron chi connectivity index (χ1n) is 9.34. The summed E-state index contributed by atoms with van der Waals surface area (Å²) < 4.78 is 36.6. The van der Waals surface area contributed by atoms with Gasteiger partial charge in [-0.2, -0.15) is 13.2 Å². The Hall–Kier alpha value is -3.36. The van der Waals surface area contributed by atoms with Crippen LogP contribution in [0.25, 0.3) is 0 Å². The molecule has 9 heteroatoms. The van der Waals surface area contributed by atoms with Gasteiger partial charge in [-0.3, -0.25) is 14.5 Å². The molecule has 158 valence electrons. The molecule has 1 saturated heterocycles. The summed E-state index contributed by atoms with van der Waals surface area (Å²) in [5, 5.41) is 1.56. The van der Waals surface area contributed by atoms with Crippen LogP contribution in [0.4, 0.5) is 23.7 Å². The number of amides is 3. The topological polar surface area (TPSA) is 69.7 Å². The molecule has 0 bridgehead atoms. The molecule has 0 aromatic heterocycles. The summed E-state index contributed by atoms with van der Waals surface area (Å²) in [4.78, 5) is 39.0. The summed E-state index contributed by atoms with van der Waals surface area (Å²) in [6.07, 6.45) is -4.07. The third-order valence-electron chi connectivity index (χ3n) is 4.71. The van der Waals surface area contributed by atoms with Gasteiger partial charge < -0.3 is 10.2 Å². The second-order valence-corrected chi connectivity index (χ2v) is 6.85. The molecule has 0 aliphatic carbocycles. The van der Waals surface area contributed by atoms with Crippen LogP contribution >= 0.6 is 0 Å². The van der Waals surface area contributed by atoms with Gasteiger partial charge in [0.2, 0.25) is 0 Å². The van der Waals surface area contributed by atoms with Gasteiger partial charge in [-0.25, -0.2) is 4.79 Å². The van der Waals surface area contributed by atoms with Crippen LogP contribution in [-0.4, -0.2) is 48.4 Å². The van der Waals surface area contributed by atoms with Crippen LogP contribution < -0.4 is 10.2 Å². The lowest BCUT2D eigenvalue weighted by Crippen LogP contribution is -2.49. The molecular weight excluding hydrogens is 399 g/mol. The molecule has 0 spiro atoms. The van der Waals surface area contributed by atoms with E-state index >= 15 is 0 Å². The van der Waals surface area contributed by atoms with Crippen LogP contribution in [-0.2, 0) is 11.3 Å². The second-order valence-electron chi connectivity index (χ2n) is 6.85. The predicted octanol–water partition coefficient (Wildman–Crippen LogP) is 3.38. The highest BCUT2D eigenvalue weighted by Crippen LogP contribution is 2.21. The quantitative estimate of drug-likeness (QED) is 0.730. The first-order chi connectivity index (χ1) is 14.3. The van der Waals surface area contributed by atoms with Gasteiger partial charge in [0.05, 0.1) is 13.1 Å². The molecule has 6 nitrogen and oxygen atoms in total. The molecule has 0 radical (unpaired) electrons. The number of halogens is 3. The van der Waals surface area contributed by atoms with Crippen LogP contribution in [0.15, 0.2) is 54.6 Å². The molecule has 1 N–H and O–H groups in total. The maximum atomic E-state index is 12.8. The molecule has 0 saturated carbocycles. The van der Waals surface area contributed by atoms with Crippen molar-refractivity contribution in [2.45, 2.75) is 19.1 Å². The number of urea groups is 1. The largest absolute Gasteiger partial charge is 0.471 e. The van der Waals surface area contributed by atoms with E-state index in [1.54, 1.807) is 27.2 Å². The van der Waals surface area contributed by atoms with Crippen LogP contribution in [0.3, 0.4) is 0 Å². The lowest BCUT2D eigenvalue weighted by molar-refractivity contribution is -0.173. The van der Waals surface area contributed by atoms with E-state index in [1.165, 1.54) is 12.1 Å². The summed E-state index contributed by atoms with van der Waals surface area (Å²) in [5.74, 6) is -2.80. The van der Waals surface area contributed by atoms with E-state index in [9.17, 15) is 27.6 Å². The Balaban J connectivity index is 1.67. The summed E-state index contributed by atoms with van der Waals surface area (Å²) in [7, 11) is 0. The first-order valence-corrected chi connectivity index (χ1v) is 9.34. The normalized spacial score (nSPS) is 13.4. The predicted molar refractivity (Wildman–Crippen MR) is 104 cm³/mol. The molecule has 2 aromatic rings. The minimum Gasteiger partial charge on any atom is -0.341 e. The Morgan fingerprint density at radius 1 is 0.967 bits per heavy atom. The number of nitrogens with one attached hydrogen (secondary N) is 1. The number of likely N-dealkylation sites (tertiary alicyclic amines) is 1. The number of rotatable bonds is 6. The molecule has 0 unspecified atom stereocenters. The number of carbonyl (C=O) groups is 3. The fraction of sp³-hybridized carbons (Fsp3) is 0.286. The van der Waals surface area contributed by atoms with E-state index in [2.05, 4.69) is 0 Å². The number of anilines is 1. The average Bonchev–Trinajstić information content (AvgIpc) is 2.69. The van der Waals surface area contributed by atoms with Crippen molar-refractivity contribution < 1.29 is 27.6 Å². The molecule has 3 rings (SSSR count). The number of nitrogens with zero attached hydrogens (tertiary/aromatic N) is 2. The molecule has 1 aliphatic rings. The molecule has 1 fully saturated rings. The Kier molecular flexibility index (Phi) is 6.39. The van der Waals surface area contributed by atoms with Crippen LogP contribution in [0.5, 0.6) is 0 Å². The van der Waals surface area contributed by atoms with Gasteiger partial charge in [-0.05, 0) is 24.1 Å². The molecular formula is C21H20F3N3O3. The van der Waals surface area contributed by atoms with Crippen molar-refractivity contribution in [1.29, 1.82) is 0 Å². The third-order valence-corrected chi connectivity index (χ3v) is 4.71. The van der Waals surface area contributed by atoms with Gasteiger partial charge in [0, 0.05) is 24.3 Å². The summed E-state index contributed by atoms with van der Waals surface area (Å²) >= 11 is 0. The Bertz CT molecular complexity index is 911. The standard InChI is InChI=1S/C21H20F3N3O3/c22-21(23,24)19(29)25-13-18(28)16-9-7-15(8-10-16)14-27(17-5-2-1-3-6-17)20(30)26-11-4-12-26/h1-3,5-10H,4,11-14H2,(H,25,29). The molecule has 0 atom stereocenters. The van der Waals surface area contributed by atoms with Crippen molar-refractivity contribution in [2.24, 2.45) is 0 Å². The number of hydrogen-bond donors (Lipinski definition) is 1. The van der Waals surface area contributed by atoms with Crippen molar-refractivity contribution in [3.8, 4) is 0 Å². The summed E-state index contributed by atoms with van der Waals surface area (Å²) in [6, 6.07) is 15.3. The van der Waals surface area contributed by atoms with Gasteiger partial charge in [-0.1, -0.05) is 42.5 Å². The van der Waals surface area contributed by atoms with Gasteiger partial charge in [0.25, 0.3) is 0 Å². The van der Waals surface area contributed by atoms with Gasteiger partial charge in [-0.15, -0.1) is 0 Å². The average molecular weight is 419 g/mol. The van der Waals surface area contributed by atoms with Crippen LogP contribution in [0.1, 0.15) is 22.3 Å². The fourth-order valence-corrected chi connectivity index (χ4v) is 2.90. The summed E-state index contributed by atoms with van der Waals surface area (Å²) in [6.45, 7) is 0.943. The lowest BCUT2D eigenvalue weighted by atomic mass is 10.1. The third kappa shape index (κ3) is 5.16. The van der Waals surface area contributed by atoms with Crippen LogP contribution in [0.2, 0.25) is 0 Å². The maximum absolute atomic E-state index is 12.8. The number of carbonyl (C=O) groups excluding carboxylic acids is 3. The van der Waals surface area contributed by atoms with Crippen LogP contribution in [0, 0.1) is 0 Å². The number of benzene rings is 2. The van der Waals surface area contributed by atoms with Crippen molar-refractivity contribution in [3.63, 3.8) is 0 Å². The monoisotopic (exact) mass is 419 g/mol. The summed E-state index contributed by atoms with van der Waals surface area (Å²) in [5.41, 5.74) is 1.66. The lowest BCUT2D eigenvalue weighted by Gasteiger charge is -2.36. The van der Waals surface area contributed by atoms with E-state index in [-0.39, 0.29) is 18.1 Å². The highest BCUT2D eigenvalue weighted by atomic mass is 19.4. The van der Waals surface area contributed by atoms with Gasteiger partial charge >= 0.3 is 18.1 Å². The zero-order valence-electron chi connectivity index (χ0n) is 16.0. The van der Waals surface area contributed by atoms with Crippen molar-refractivity contribution in [3.05, 3.63) is 65.7 Å².